The molecular weight excluding hydrogens is 441 g/mol. The molecule has 0 bridgehead atoms. The van der Waals surface area contributed by atoms with Crippen molar-refractivity contribution in [3.63, 3.8) is 0 Å². The SMILES string of the molecule is C/C=C/c1csc(C2=C(C=O)/C(=C/c3cc(F)cs3)C(=O)N2CCCCCCC(C)C)c1. The highest BCUT2D eigenvalue weighted by Crippen LogP contribution is 2.39. The van der Waals surface area contributed by atoms with Gasteiger partial charge in [0.15, 0.2) is 6.29 Å². The van der Waals surface area contributed by atoms with Crippen LogP contribution in [0.1, 0.15) is 68.2 Å². The van der Waals surface area contributed by atoms with Crippen molar-refractivity contribution in [2.75, 3.05) is 6.54 Å². The fourth-order valence-electron chi connectivity index (χ4n) is 3.85. The van der Waals surface area contributed by atoms with Crippen molar-refractivity contribution in [3.05, 3.63) is 61.3 Å². The molecule has 3 nitrogen and oxygen atoms in total. The van der Waals surface area contributed by atoms with Gasteiger partial charge < -0.3 is 4.90 Å². The number of hydrogen-bond donors (Lipinski definition) is 0. The van der Waals surface area contributed by atoms with E-state index in [4.69, 9.17) is 0 Å². The van der Waals surface area contributed by atoms with Crippen LogP contribution in [0.2, 0.25) is 0 Å². The molecule has 0 spiro atoms. The number of carbonyl (C=O) groups excluding carboxylic acids is 2. The quantitative estimate of drug-likeness (QED) is 0.194. The molecule has 0 unspecified atom stereocenters. The third-order valence-corrected chi connectivity index (χ3v) is 7.21. The van der Waals surface area contributed by atoms with Gasteiger partial charge in [0, 0.05) is 16.8 Å². The summed E-state index contributed by atoms with van der Waals surface area (Å²) in [6.45, 7) is 6.99. The van der Waals surface area contributed by atoms with Gasteiger partial charge in [-0.25, -0.2) is 4.39 Å². The van der Waals surface area contributed by atoms with Gasteiger partial charge in [-0.1, -0.05) is 51.7 Å². The highest BCUT2D eigenvalue weighted by molar-refractivity contribution is 7.11. The Kier molecular flexibility index (Phi) is 8.76. The monoisotopic (exact) mass is 471 g/mol. The Hall–Kier alpha value is -2.31. The van der Waals surface area contributed by atoms with Crippen molar-refractivity contribution in [2.24, 2.45) is 5.92 Å². The van der Waals surface area contributed by atoms with Gasteiger partial charge in [0.05, 0.1) is 21.7 Å². The zero-order valence-electron chi connectivity index (χ0n) is 18.9. The van der Waals surface area contributed by atoms with Crippen molar-refractivity contribution in [2.45, 2.75) is 52.9 Å². The predicted molar refractivity (Wildman–Crippen MR) is 134 cm³/mol. The van der Waals surface area contributed by atoms with E-state index >= 15 is 0 Å². The molecule has 1 aliphatic rings. The molecule has 2 aromatic heterocycles. The molecule has 0 saturated heterocycles. The largest absolute Gasteiger partial charge is 0.306 e. The molecule has 1 aliphatic heterocycles. The zero-order chi connectivity index (χ0) is 23.1. The van der Waals surface area contributed by atoms with Crippen molar-refractivity contribution in [1.82, 2.24) is 4.90 Å². The lowest BCUT2D eigenvalue weighted by atomic mass is 10.0. The third-order valence-electron chi connectivity index (χ3n) is 5.41. The van der Waals surface area contributed by atoms with Gasteiger partial charge in [-0.2, -0.15) is 0 Å². The Bertz CT molecular complexity index is 1040. The van der Waals surface area contributed by atoms with E-state index in [-0.39, 0.29) is 11.7 Å². The van der Waals surface area contributed by atoms with Crippen LogP contribution in [0.15, 0.2) is 40.1 Å². The first kappa shape index (κ1) is 24.3. The van der Waals surface area contributed by atoms with E-state index in [2.05, 4.69) is 13.8 Å². The molecule has 0 atom stereocenters. The minimum absolute atomic E-state index is 0.181. The van der Waals surface area contributed by atoms with Gasteiger partial charge in [-0.3, -0.25) is 9.59 Å². The molecule has 3 rings (SSSR count). The maximum atomic E-state index is 13.5. The van der Waals surface area contributed by atoms with E-state index in [0.29, 0.717) is 34.2 Å². The Balaban J connectivity index is 1.89. The number of nitrogens with zero attached hydrogens (tertiary/aromatic N) is 1. The lowest BCUT2D eigenvalue weighted by molar-refractivity contribution is -0.123. The van der Waals surface area contributed by atoms with Gasteiger partial charge in [-0.15, -0.1) is 22.7 Å². The maximum Gasteiger partial charge on any atom is 0.259 e. The number of aldehydes is 1. The molecule has 32 heavy (non-hydrogen) atoms. The second kappa shape index (κ2) is 11.5. The second-order valence-corrected chi connectivity index (χ2v) is 10.3. The number of halogens is 1. The van der Waals surface area contributed by atoms with E-state index in [1.54, 1.807) is 11.0 Å². The molecular formula is C26H30FNO2S2. The molecule has 0 N–H and O–H groups in total. The van der Waals surface area contributed by atoms with Crippen LogP contribution in [0.25, 0.3) is 17.8 Å². The van der Waals surface area contributed by atoms with Crippen LogP contribution in [-0.4, -0.2) is 23.6 Å². The van der Waals surface area contributed by atoms with E-state index in [0.717, 1.165) is 36.0 Å². The molecule has 0 aliphatic carbocycles. The Morgan fingerprint density at radius 3 is 2.53 bits per heavy atom. The van der Waals surface area contributed by atoms with Crippen molar-refractivity contribution in [1.29, 1.82) is 0 Å². The molecule has 3 heterocycles. The summed E-state index contributed by atoms with van der Waals surface area (Å²) in [5.41, 5.74) is 2.45. The number of unbranched alkanes of at least 4 members (excludes halogenated alkanes) is 3. The summed E-state index contributed by atoms with van der Waals surface area (Å²) < 4.78 is 13.5. The van der Waals surface area contributed by atoms with Crippen LogP contribution in [0.4, 0.5) is 4.39 Å². The first-order chi connectivity index (χ1) is 15.4. The van der Waals surface area contributed by atoms with Gasteiger partial charge in [0.2, 0.25) is 0 Å². The fourth-order valence-corrected chi connectivity index (χ4v) is 5.48. The molecule has 6 heteroatoms. The van der Waals surface area contributed by atoms with Gasteiger partial charge in [0.1, 0.15) is 5.82 Å². The summed E-state index contributed by atoms with van der Waals surface area (Å²) in [4.78, 5) is 28.8. The number of allylic oxidation sites excluding steroid dienone is 1. The molecule has 0 radical (unpaired) electrons. The first-order valence-corrected chi connectivity index (χ1v) is 12.9. The molecule has 0 aromatic carbocycles. The van der Waals surface area contributed by atoms with Crippen molar-refractivity contribution in [3.8, 4) is 0 Å². The van der Waals surface area contributed by atoms with Gasteiger partial charge >= 0.3 is 0 Å². The van der Waals surface area contributed by atoms with E-state index in [1.165, 1.54) is 47.0 Å². The third kappa shape index (κ3) is 5.93. The van der Waals surface area contributed by atoms with Crippen LogP contribution >= 0.6 is 22.7 Å². The Morgan fingerprint density at radius 2 is 1.88 bits per heavy atom. The number of thiophene rings is 2. The molecule has 0 saturated carbocycles. The zero-order valence-corrected chi connectivity index (χ0v) is 20.5. The van der Waals surface area contributed by atoms with Gasteiger partial charge in [-0.05, 0) is 48.4 Å². The highest BCUT2D eigenvalue weighted by Gasteiger charge is 2.36. The second-order valence-electron chi connectivity index (χ2n) is 8.40. The fraction of sp³-hybridized carbons (Fsp3) is 0.385. The summed E-state index contributed by atoms with van der Waals surface area (Å²) in [6, 6.07) is 3.40. The molecule has 1 amide bonds. The topological polar surface area (TPSA) is 37.4 Å². The summed E-state index contributed by atoms with van der Waals surface area (Å²) in [5, 5.41) is 3.42. The van der Waals surface area contributed by atoms with Gasteiger partial charge in [0.25, 0.3) is 5.91 Å². The number of rotatable bonds is 11. The highest BCUT2D eigenvalue weighted by atomic mass is 32.1. The van der Waals surface area contributed by atoms with Crippen LogP contribution in [0.3, 0.4) is 0 Å². The smallest absolute Gasteiger partial charge is 0.259 e. The Morgan fingerprint density at radius 1 is 1.09 bits per heavy atom. The van der Waals surface area contributed by atoms with Crippen LogP contribution < -0.4 is 0 Å². The minimum atomic E-state index is -0.336. The summed E-state index contributed by atoms with van der Waals surface area (Å²) in [5.74, 6) is 0.190. The van der Waals surface area contributed by atoms with Crippen molar-refractivity contribution < 1.29 is 14.0 Å². The average Bonchev–Trinajstić information content (AvgIpc) is 3.44. The lowest BCUT2D eigenvalue weighted by Crippen LogP contribution is -2.26. The maximum absolute atomic E-state index is 13.5. The van der Waals surface area contributed by atoms with E-state index in [1.807, 2.05) is 30.5 Å². The summed E-state index contributed by atoms with van der Waals surface area (Å²) in [7, 11) is 0. The standard InChI is InChI=1S/C26H30FNO2S2/c1-4-9-19-12-24(32-16-19)25-23(15-29)22(14-21-13-20(27)17-31-21)26(30)28(25)11-8-6-5-7-10-18(2)3/h4,9,12-18H,5-8,10-11H2,1-3H3/b9-4+,22-14-. The van der Waals surface area contributed by atoms with Crippen LogP contribution in [-0.2, 0) is 9.59 Å². The van der Waals surface area contributed by atoms with Crippen LogP contribution in [0, 0.1) is 11.7 Å². The predicted octanol–water partition coefficient (Wildman–Crippen LogP) is 7.42. The summed E-state index contributed by atoms with van der Waals surface area (Å²) >= 11 is 2.75. The number of amides is 1. The van der Waals surface area contributed by atoms with Crippen LogP contribution in [0.5, 0.6) is 0 Å². The summed E-state index contributed by atoms with van der Waals surface area (Å²) in [6.07, 6.45) is 11.9. The first-order valence-electron chi connectivity index (χ1n) is 11.1. The molecule has 170 valence electrons. The number of carbonyl (C=O) groups is 2. The van der Waals surface area contributed by atoms with E-state index < -0.39 is 0 Å². The Labute approximate surface area is 198 Å². The molecule has 2 aromatic rings. The number of hydrogen-bond acceptors (Lipinski definition) is 4. The average molecular weight is 472 g/mol. The normalized spacial score (nSPS) is 15.8. The minimum Gasteiger partial charge on any atom is -0.306 e. The lowest BCUT2D eigenvalue weighted by Gasteiger charge is -2.19. The van der Waals surface area contributed by atoms with Crippen molar-refractivity contribution >= 4 is 52.7 Å². The van der Waals surface area contributed by atoms with E-state index in [9.17, 15) is 14.0 Å². The molecule has 0 fully saturated rings.